The highest BCUT2D eigenvalue weighted by atomic mass is 32.2. The number of hydrogen-bond acceptors (Lipinski definition) is 2. The smallest absolute Gasteiger partial charge is 0.146 e. The summed E-state index contributed by atoms with van der Waals surface area (Å²) in [6.45, 7) is 6.93. The first-order chi connectivity index (χ1) is 13.9. The molecule has 3 heteroatoms. The van der Waals surface area contributed by atoms with Crippen molar-refractivity contribution in [2.24, 2.45) is 11.8 Å². The maximum absolute atomic E-state index is 15.0. The van der Waals surface area contributed by atoms with Crippen LogP contribution in [0.2, 0.25) is 0 Å². The number of thioether (sulfide) groups is 1. The molecule has 2 aliphatic carbocycles. The molecule has 0 unspecified atom stereocenters. The Balaban J connectivity index is 1.78. The molecule has 0 radical (unpaired) electrons. The van der Waals surface area contributed by atoms with Crippen molar-refractivity contribution in [3.8, 4) is 0 Å². The zero-order chi connectivity index (χ0) is 20.5. The quantitative estimate of drug-likeness (QED) is 0.492. The molecule has 0 aliphatic heterocycles. The van der Waals surface area contributed by atoms with Crippen molar-refractivity contribution in [1.29, 1.82) is 0 Å². The van der Waals surface area contributed by atoms with Gasteiger partial charge in [0.15, 0.2) is 0 Å². The standard InChI is InChI=1S/C26H33OPS/c1-26(2,3)29-25-19-11-18-24(22-16-10-17-23(22)25)28(27,20-12-6-4-7-13-20)21-14-8-5-9-15-21/h4-9,12-15,19,22-24H,10-11,16-18H2,1-3H3/t22-,23+,24-/m1/s1. The van der Waals surface area contributed by atoms with E-state index in [0.29, 0.717) is 11.8 Å². The molecule has 0 aromatic heterocycles. The van der Waals surface area contributed by atoms with E-state index in [0.717, 1.165) is 23.5 Å². The second-order valence-corrected chi connectivity index (χ2v) is 14.4. The zero-order valence-electron chi connectivity index (χ0n) is 17.9. The number of fused-ring (bicyclic) bond motifs is 1. The Morgan fingerprint density at radius 2 is 1.45 bits per heavy atom. The van der Waals surface area contributed by atoms with Crippen LogP contribution in [-0.2, 0) is 4.57 Å². The molecule has 154 valence electrons. The van der Waals surface area contributed by atoms with Crippen LogP contribution in [0.1, 0.15) is 52.9 Å². The average Bonchev–Trinajstić information content (AvgIpc) is 3.13. The molecule has 0 spiro atoms. The number of allylic oxidation sites excluding steroid dienone is 2. The van der Waals surface area contributed by atoms with Gasteiger partial charge in [-0.2, -0.15) is 0 Å². The highest BCUT2D eigenvalue weighted by molar-refractivity contribution is 8.04. The summed E-state index contributed by atoms with van der Waals surface area (Å²) in [4.78, 5) is 1.56. The van der Waals surface area contributed by atoms with Gasteiger partial charge in [-0.1, -0.05) is 93.9 Å². The molecule has 3 atom stereocenters. The third-order valence-corrected chi connectivity index (χ3v) is 11.4. The Morgan fingerprint density at radius 3 is 2.00 bits per heavy atom. The van der Waals surface area contributed by atoms with Gasteiger partial charge in [-0.05, 0) is 42.4 Å². The van der Waals surface area contributed by atoms with Crippen molar-refractivity contribution in [2.45, 2.75) is 63.3 Å². The summed E-state index contributed by atoms with van der Waals surface area (Å²) in [5, 5.41) is 2.07. The van der Waals surface area contributed by atoms with Crippen molar-refractivity contribution in [1.82, 2.24) is 0 Å². The van der Waals surface area contributed by atoms with Crippen LogP contribution in [0.15, 0.2) is 71.6 Å². The largest absolute Gasteiger partial charge is 0.313 e. The molecule has 1 saturated carbocycles. The first-order valence-electron chi connectivity index (χ1n) is 11.0. The Kier molecular flexibility index (Phi) is 6.14. The maximum Gasteiger partial charge on any atom is 0.146 e. The summed E-state index contributed by atoms with van der Waals surface area (Å²) in [5.41, 5.74) is 0.231. The number of hydrogen-bond donors (Lipinski definition) is 0. The van der Waals surface area contributed by atoms with Gasteiger partial charge >= 0.3 is 0 Å². The predicted octanol–water partition coefficient (Wildman–Crippen LogP) is 6.99. The molecule has 2 aromatic carbocycles. The molecule has 1 nitrogen and oxygen atoms in total. The monoisotopic (exact) mass is 424 g/mol. The summed E-state index contributed by atoms with van der Waals surface area (Å²) in [5.74, 6) is 1.09. The third kappa shape index (κ3) is 4.30. The molecule has 2 aromatic rings. The van der Waals surface area contributed by atoms with Crippen molar-refractivity contribution in [2.75, 3.05) is 0 Å². The Labute approximate surface area is 180 Å². The predicted molar refractivity (Wildman–Crippen MR) is 129 cm³/mol. The highest BCUT2D eigenvalue weighted by Crippen LogP contribution is 2.60. The first-order valence-corrected chi connectivity index (χ1v) is 13.6. The Hall–Kier alpha value is -1.24. The van der Waals surface area contributed by atoms with E-state index in [1.165, 1.54) is 19.3 Å². The summed E-state index contributed by atoms with van der Waals surface area (Å²) in [6, 6.07) is 20.6. The van der Waals surface area contributed by atoms with Crippen LogP contribution >= 0.6 is 18.9 Å². The highest BCUT2D eigenvalue weighted by Gasteiger charge is 2.47. The SMILES string of the molecule is CC(C)(C)SC1=CCC[C@@H](P(=O)(c2ccccc2)c2ccccc2)[C@@H]2CCC[C@H]12. The topological polar surface area (TPSA) is 17.1 Å². The summed E-state index contributed by atoms with van der Waals surface area (Å²) in [6.07, 6.45) is 8.27. The van der Waals surface area contributed by atoms with Gasteiger partial charge in [-0.3, -0.25) is 0 Å². The third-order valence-electron chi connectivity index (χ3n) is 6.41. The molecular formula is C26H33OPS. The Morgan fingerprint density at radius 1 is 0.862 bits per heavy atom. The molecule has 0 N–H and O–H groups in total. The van der Waals surface area contributed by atoms with Crippen molar-refractivity contribution >= 4 is 29.5 Å². The second-order valence-electron chi connectivity index (χ2n) is 9.50. The van der Waals surface area contributed by atoms with Crippen molar-refractivity contribution in [3.63, 3.8) is 0 Å². The van der Waals surface area contributed by atoms with Gasteiger partial charge in [0.05, 0.1) is 0 Å². The lowest BCUT2D eigenvalue weighted by molar-refractivity contribution is 0.418. The van der Waals surface area contributed by atoms with Crippen molar-refractivity contribution < 1.29 is 4.57 Å². The normalized spacial score (nSPS) is 25.2. The van der Waals surface area contributed by atoms with E-state index in [4.69, 9.17) is 0 Å². The van der Waals surface area contributed by atoms with Crippen LogP contribution in [0.3, 0.4) is 0 Å². The van der Waals surface area contributed by atoms with Gasteiger partial charge in [0, 0.05) is 21.0 Å². The molecule has 29 heavy (non-hydrogen) atoms. The average molecular weight is 425 g/mol. The van der Waals surface area contributed by atoms with Crippen molar-refractivity contribution in [3.05, 3.63) is 71.6 Å². The number of rotatable bonds is 4. The molecule has 0 saturated heterocycles. The van der Waals surface area contributed by atoms with Crippen LogP contribution in [0.4, 0.5) is 0 Å². The second kappa shape index (κ2) is 8.48. The molecule has 1 fully saturated rings. The minimum atomic E-state index is -2.72. The molecule has 0 heterocycles. The lowest BCUT2D eigenvalue weighted by Gasteiger charge is -2.35. The van der Waals surface area contributed by atoms with E-state index < -0.39 is 7.14 Å². The van der Waals surface area contributed by atoms with Gasteiger partial charge < -0.3 is 4.57 Å². The van der Waals surface area contributed by atoms with E-state index in [-0.39, 0.29) is 10.4 Å². The summed E-state index contributed by atoms with van der Waals surface area (Å²) >= 11 is 2.04. The summed E-state index contributed by atoms with van der Waals surface area (Å²) < 4.78 is 15.3. The molecule has 0 bridgehead atoms. The van der Waals surface area contributed by atoms with E-state index >= 15 is 4.57 Å². The van der Waals surface area contributed by atoms with Gasteiger partial charge in [0.2, 0.25) is 0 Å². The van der Waals surface area contributed by atoms with Gasteiger partial charge in [-0.25, -0.2) is 0 Å². The minimum Gasteiger partial charge on any atom is -0.313 e. The van der Waals surface area contributed by atoms with E-state index in [9.17, 15) is 0 Å². The molecule has 2 aliphatic rings. The Bertz CT molecular complexity index is 854. The van der Waals surface area contributed by atoms with Crippen LogP contribution in [0.5, 0.6) is 0 Å². The summed E-state index contributed by atoms with van der Waals surface area (Å²) in [7, 11) is -2.72. The lowest BCUT2D eigenvalue weighted by atomic mass is 9.92. The zero-order valence-corrected chi connectivity index (χ0v) is 19.6. The van der Waals surface area contributed by atoms with E-state index in [2.05, 4.69) is 51.1 Å². The van der Waals surface area contributed by atoms with E-state index in [1.54, 1.807) is 4.91 Å². The van der Waals surface area contributed by atoms with Crippen LogP contribution in [0.25, 0.3) is 0 Å². The maximum atomic E-state index is 15.0. The van der Waals surface area contributed by atoms with Gasteiger partial charge in [0.1, 0.15) is 7.14 Å². The fourth-order valence-electron chi connectivity index (χ4n) is 5.32. The minimum absolute atomic E-state index is 0.224. The van der Waals surface area contributed by atoms with Crippen LogP contribution in [-0.4, -0.2) is 10.4 Å². The van der Waals surface area contributed by atoms with E-state index in [1.807, 2.05) is 48.2 Å². The lowest BCUT2D eigenvalue weighted by Crippen LogP contribution is -2.33. The van der Waals surface area contributed by atoms with Gasteiger partial charge in [0.25, 0.3) is 0 Å². The molecule has 4 rings (SSSR count). The number of benzene rings is 2. The fourth-order valence-corrected chi connectivity index (χ4v) is 10.4. The van der Waals surface area contributed by atoms with Gasteiger partial charge in [-0.15, -0.1) is 11.8 Å². The van der Waals surface area contributed by atoms with Crippen LogP contribution < -0.4 is 10.6 Å². The fraction of sp³-hybridized carbons (Fsp3) is 0.462. The first kappa shape index (κ1) is 21.0. The molecule has 0 amide bonds. The van der Waals surface area contributed by atoms with Crippen LogP contribution in [0, 0.1) is 11.8 Å². The molecular weight excluding hydrogens is 391 g/mol.